The second-order valence-corrected chi connectivity index (χ2v) is 10.9. The highest BCUT2D eigenvalue weighted by Crippen LogP contribution is 2.30. The first-order valence-corrected chi connectivity index (χ1v) is 15.0. The number of anilines is 1. The molecular formula is C36H37N3O5. The predicted octanol–water partition coefficient (Wildman–Crippen LogP) is 5.83. The molecule has 5 rings (SSSR count). The Balaban J connectivity index is 1.16. The molecule has 1 saturated carbocycles. The SMILES string of the molecule is COC(=O)[C@H](Cc1ccc(OCCCN(CC2CC2)C(=O)c2cccnc2)cc1)Nc1ccccc1C(=O)c1ccccc1. The summed E-state index contributed by atoms with van der Waals surface area (Å²) in [5, 5.41) is 3.24. The van der Waals surface area contributed by atoms with Gasteiger partial charge in [-0.2, -0.15) is 0 Å². The number of amides is 1. The molecule has 44 heavy (non-hydrogen) atoms. The molecule has 0 spiro atoms. The van der Waals surface area contributed by atoms with Gasteiger partial charge in [-0.25, -0.2) is 4.79 Å². The van der Waals surface area contributed by atoms with E-state index < -0.39 is 12.0 Å². The number of nitrogens with one attached hydrogen (secondary N) is 1. The summed E-state index contributed by atoms with van der Waals surface area (Å²) in [7, 11) is 1.35. The van der Waals surface area contributed by atoms with Gasteiger partial charge in [0.25, 0.3) is 5.91 Å². The van der Waals surface area contributed by atoms with Gasteiger partial charge in [-0.05, 0) is 67.1 Å². The highest BCUT2D eigenvalue weighted by Gasteiger charge is 2.27. The molecule has 1 fully saturated rings. The van der Waals surface area contributed by atoms with Gasteiger partial charge >= 0.3 is 5.97 Å². The average molecular weight is 592 g/mol. The van der Waals surface area contributed by atoms with Crippen LogP contribution < -0.4 is 10.1 Å². The fourth-order valence-corrected chi connectivity index (χ4v) is 5.04. The third-order valence-electron chi connectivity index (χ3n) is 7.60. The molecule has 226 valence electrons. The first-order chi connectivity index (χ1) is 21.5. The molecule has 0 unspecified atom stereocenters. The van der Waals surface area contributed by atoms with Gasteiger partial charge in [-0.15, -0.1) is 0 Å². The third kappa shape index (κ3) is 8.31. The Hall–Kier alpha value is -4.98. The fraction of sp³-hybridized carbons (Fsp3) is 0.278. The number of nitrogens with zero attached hydrogens (tertiary/aromatic N) is 2. The highest BCUT2D eigenvalue weighted by atomic mass is 16.5. The van der Waals surface area contributed by atoms with Gasteiger partial charge in [0.2, 0.25) is 0 Å². The van der Waals surface area contributed by atoms with E-state index in [4.69, 9.17) is 9.47 Å². The lowest BCUT2D eigenvalue weighted by molar-refractivity contribution is -0.141. The zero-order chi connectivity index (χ0) is 30.7. The molecule has 1 aliphatic rings. The number of rotatable bonds is 15. The van der Waals surface area contributed by atoms with Crippen LogP contribution in [0.3, 0.4) is 0 Å². The van der Waals surface area contributed by atoms with E-state index in [0.29, 0.717) is 60.0 Å². The van der Waals surface area contributed by atoms with E-state index in [1.165, 1.54) is 20.0 Å². The van der Waals surface area contributed by atoms with Crippen LogP contribution in [0.15, 0.2) is 103 Å². The van der Waals surface area contributed by atoms with Crippen molar-refractivity contribution < 1.29 is 23.9 Å². The van der Waals surface area contributed by atoms with Crippen molar-refractivity contribution in [1.82, 2.24) is 9.88 Å². The van der Waals surface area contributed by atoms with Gasteiger partial charge in [0.05, 0.1) is 19.3 Å². The van der Waals surface area contributed by atoms with E-state index in [1.54, 1.807) is 54.9 Å². The Morgan fingerprint density at radius 3 is 2.34 bits per heavy atom. The Bertz CT molecular complexity index is 1540. The van der Waals surface area contributed by atoms with Crippen LogP contribution in [0.5, 0.6) is 5.75 Å². The molecule has 8 nitrogen and oxygen atoms in total. The Morgan fingerprint density at radius 1 is 0.909 bits per heavy atom. The summed E-state index contributed by atoms with van der Waals surface area (Å²) >= 11 is 0. The van der Waals surface area contributed by atoms with Crippen molar-refractivity contribution in [2.24, 2.45) is 5.92 Å². The van der Waals surface area contributed by atoms with Crippen molar-refractivity contribution in [3.05, 3.63) is 126 Å². The molecule has 1 amide bonds. The van der Waals surface area contributed by atoms with Gasteiger partial charge < -0.3 is 19.7 Å². The van der Waals surface area contributed by atoms with Crippen LogP contribution in [-0.2, 0) is 16.0 Å². The topological polar surface area (TPSA) is 97.8 Å². The minimum absolute atomic E-state index is 0.00942. The van der Waals surface area contributed by atoms with E-state index in [-0.39, 0.29) is 11.7 Å². The summed E-state index contributed by atoms with van der Waals surface area (Å²) in [5.74, 6) is 0.752. The summed E-state index contributed by atoms with van der Waals surface area (Å²) in [4.78, 5) is 44.9. The predicted molar refractivity (Wildman–Crippen MR) is 169 cm³/mol. The van der Waals surface area contributed by atoms with Crippen LogP contribution >= 0.6 is 0 Å². The highest BCUT2D eigenvalue weighted by molar-refractivity contribution is 6.12. The number of pyridine rings is 1. The second kappa shape index (κ2) is 15.0. The Kier molecular flexibility index (Phi) is 10.4. The smallest absolute Gasteiger partial charge is 0.328 e. The normalized spacial score (nSPS) is 13.0. The molecule has 3 aromatic carbocycles. The number of carbonyl (C=O) groups is 3. The zero-order valence-electron chi connectivity index (χ0n) is 24.9. The molecular weight excluding hydrogens is 554 g/mol. The largest absolute Gasteiger partial charge is 0.494 e. The zero-order valence-corrected chi connectivity index (χ0v) is 24.9. The fourth-order valence-electron chi connectivity index (χ4n) is 5.04. The van der Waals surface area contributed by atoms with Crippen molar-refractivity contribution >= 4 is 23.3 Å². The van der Waals surface area contributed by atoms with Crippen LogP contribution in [0.25, 0.3) is 0 Å². The lowest BCUT2D eigenvalue weighted by atomic mass is 10.00. The summed E-state index contributed by atoms with van der Waals surface area (Å²) in [6, 6.07) is 26.7. The number of para-hydroxylation sites is 1. The molecule has 1 heterocycles. The first kappa shape index (κ1) is 30.5. The quantitative estimate of drug-likeness (QED) is 0.106. The summed E-state index contributed by atoms with van der Waals surface area (Å²) in [6.45, 7) is 1.85. The molecule has 0 saturated heterocycles. The number of hydrogen-bond donors (Lipinski definition) is 1. The number of carbonyl (C=O) groups excluding carboxylic acids is 3. The third-order valence-corrected chi connectivity index (χ3v) is 7.60. The van der Waals surface area contributed by atoms with Gasteiger partial charge in [-0.3, -0.25) is 14.6 Å². The van der Waals surface area contributed by atoms with Crippen molar-refractivity contribution in [2.75, 3.05) is 32.1 Å². The number of ether oxygens (including phenoxy) is 2. The van der Waals surface area contributed by atoms with Gasteiger partial charge in [0.15, 0.2) is 5.78 Å². The molecule has 0 aliphatic heterocycles. The summed E-state index contributed by atoms with van der Waals surface area (Å²) < 4.78 is 11.1. The van der Waals surface area contributed by atoms with Crippen LogP contribution in [0.2, 0.25) is 0 Å². The van der Waals surface area contributed by atoms with Gasteiger partial charge in [-0.1, -0.05) is 54.6 Å². The molecule has 8 heteroatoms. The lowest BCUT2D eigenvalue weighted by Crippen LogP contribution is -2.34. The van der Waals surface area contributed by atoms with E-state index in [0.717, 1.165) is 12.1 Å². The number of benzene rings is 3. The van der Waals surface area contributed by atoms with Crippen molar-refractivity contribution in [1.29, 1.82) is 0 Å². The number of hydrogen-bond acceptors (Lipinski definition) is 7. The summed E-state index contributed by atoms with van der Waals surface area (Å²) in [5.41, 5.74) is 3.13. The van der Waals surface area contributed by atoms with E-state index in [1.807, 2.05) is 53.4 Å². The maximum atomic E-state index is 13.2. The molecule has 0 radical (unpaired) electrons. The first-order valence-electron chi connectivity index (χ1n) is 15.0. The molecule has 1 atom stereocenters. The van der Waals surface area contributed by atoms with E-state index in [2.05, 4.69) is 10.3 Å². The lowest BCUT2D eigenvalue weighted by Gasteiger charge is -2.22. The van der Waals surface area contributed by atoms with Crippen molar-refractivity contribution in [3.63, 3.8) is 0 Å². The number of aromatic nitrogens is 1. The average Bonchev–Trinajstić information content (AvgIpc) is 3.91. The molecule has 1 N–H and O–H groups in total. The van der Waals surface area contributed by atoms with Crippen LogP contribution in [0, 0.1) is 5.92 Å². The number of methoxy groups -OCH3 is 1. The summed E-state index contributed by atoms with van der Waals surface area (Å²) in [6.07, 6.45) is 6.68. The monoisotopic (exact) mass is 591 g/mol. The van der Waals surface area contributed by atoms with Crippen LogP contribution in [0.1, 0.15) is 51.1 Å². The molecule has 4 aromatic rings. The van der Waals surface area contributed by atoms with Crippen molar-refractivity contribution in [2.45, 2.75) is 31.7 Å². The minimum Gasteiger partial charge on any atom is -0.494 e. The van der Waals surface area contributed by atoms with E-state index in [9.17, 15) is 14.4 Å². The number of ketones is 1. The molecule has 1 aliphatic carbocycles. The maximum absolute atomic E-state index is 13.2. The number of esters is 1. The molecule has 1 aromatic heterocycles. The van der Waals surface area contributed by atoms with Gasteiger partial charge in [0, 0.05) is 48.7 Å². The Morgan fingerprint density at radius 2 is 1.64 bits per heavy atom. The Labute approximate surface area is 258 Å². The minimum atomic E-state index is -0.703. The maximum Gasteiger partial charge on any atom is 0.328 e. The van der Waals surface area contributed by atoms with Crippen LogP contribution in [0.4, 0.5) is 5.69 Å². The van der Waals surface area contributed by atoms with E-state index >= 15 is 0 Å². The standard InChI is InChI=1S/C36H37N3O5/c1-43-36(42)33(38-32-13-6-5-12-31(32)34(40)28-9-3-2-4-10-28)23-26-16-18-30(19-17-26)44-22-8-21-39(25-27-14-15-27)35(41)29-11-7-20-37-24-29/h2-7,9-13,16-20,24,27,33,38H,8,14-15,21-23,25H2,1H3/t33-/m0/s1. The molecule has 0 bridgehead atoms. The van der Waals surface area contributed by atoms with Crippen LogP contribution in [-0.4, -0.2) is 60.4 Å². The second-order valence-electron chi connectivity index (χ2n) is 10.9. The van der Waals surface area contributed by atoms with Gasteiger partial charge in [0.1, 0.15) is 11.8 Å². The van der Waals surface area contributed by atoms with Crippen molar-refractivity contribution in [3.8, 4) is 5.75 Å².